The van der Waals surface area contributed by atoms with E-state index in [9.17, 15) is 0 Å². The van der Waals surface area contributed by atoms with Gasteiger partial charge in [-0.05, 0) is 12.1 Å². The Hall–Kier alpha value is -1.81. The quantitative estimate of drug-likeness (QED) is 0.926. The second kappa shape index (κ2) is 4.46. The van der Waals surface area contributed by atoms with Gasteiger partial charge in [0, 0.05) is 31.1 Å². The van der Waals surface area contributed by atoms with E-state index in [1.807, 2.05) is 25.4 Å². The lowest BCUT2D eigenvalue weighted by Crippen LogP contribution is -2.04. The van der Waals surface area contributed by atoms with Crippen molar-refractivity contribution in [2.45, 2.75) is 6.54 Å². The largest absolute Gasteiger partial charge is 0.454 e. The Morgan fingerprint density at radius 2 is 2.11 bits per heavy atom. The molecule has 1 N–H and O–H groups in total. The van der Waals surface area contributed by atoms with Crippen LogP contribution in [0, 0.1) is 0 Å². The molecule has 2 aromatic rings. The molecule has 94 valence electrons. The molecular formula is C13H13ClN2O2. The number of nitrogens with zero attached hydrogens (tertiary/aromatic N) is 1. The highest BCUT2D eigenvalue weighted by atomic mass is 35.5. The zero-order chi connectivity index (χ0) is 12.5. The van der Waals surface area contributed by atoms with Crippen molar-refractivity contribution < 1.29 is 9.47 Å². The minimum Gasteiger partial charge on any atom is -0.454 e. The lowest BCUT2D eigenvalue weighted by Gasteiger charge is -2.10. The topological polar surface area (TPSA) is 35.4 Å². The standard InChI is InChI=1S/C13H13ClN2O2/c1-16-4-2-3-9(16)7-15-11-6-13-12(5-10(11)14)17-8-18-13/h2-6,15H,7-8H2,1H3. The predicted molar refractivity (Wildman–Crippen MR) is 70.3 cm³/mol. The van der Waals surface area contributed by atoms with Gasteiger partial charge in [-0.3, -0.25) is 0 Å². The second-order valence-corrected chi connectivity index (χ2v) is 4.56. The summed E-state index contributed by atoms with van der Waals surface area (Å²) >= 11 is 6.18. The van der Waals surface area contributed by atoms with Gasteiger partial charge in [0.05, 0.1) is 17.3 Å². The normalized spacial score (nSPS) is 12.8. The molecule has 18 heavy (non-hydrogen) atoms. The Morgan fingerprint density at radius 1 is 1.33 bits per heavy atom. The molecule has 1 aromatic carbocycles. The molecular weight excluding hydrogens is 252 g/mol. The third kappa shape index (κ3) is 1.99. The van der Waals surface area contributed by atoms with Crippen LogP contribution in [0.15, 0.2) is 30.5 Å². The van der Waals surface area contributed by atoms with E-state index < -0.39 is 0 Å². The van der Waals surface area contributed by atoms with Crippen molar-refractivity contribution in [3.8, 4) is 11.5 Å². The summed E-state index contributed by atoms with van der Waals surface area (Å²) < 4.78 is 12.7. The number of anilines is 1. The van der Waals surface area contributed by atoms with Gasteiger partial charge in [0.25, 0.3) is 0 Å². The van der Waals surface area contributed by atoms with Crippen LogP contribution in [-0.2, 0) is 13.6 Å². The Balaban J connectivity index is 1.79. The van der Waals surface area contributed by atoms with Gasteiger partial charge in [-0.1, -0.05) is 11.6 Å². The van der Waals surface area contributed by atoms with Gasteiger partial charge in [0.1, 0.15) is 0 Å². The van der Waals surface area contributed by atoms with Crippen molar-refractivity contribution in [2.75, 3.05) is 12.1 Å². The van der Waals surface area contributed by atoms with E-state index in [4.69, 9.17) is 21.1 Å². The highest BCUT2D eigenvalue weighted by molar-refractivity contribution is 6.33. The predicted octanol–water partition coefficient (Wildman–Crippen LogP) is 3.02. The number of aryl methyl sites for hydroxylation is 1. The monoisotopic (exact) mass is 264 g/mol. The SMILES string of the molecule is Cn1cccc1CNc1cc2c(cc1Cl)OCO2. The number of rotatable bonds is 3. The number of halogens is 1. The van der Waals surface area contributed by atoms with Crippen LogP contribution in [0.4, 0.5) is 5.69 Å². The third-order valence-electron chi connectivity index (χ3n) is 2.97. The fourth-order valence-electron chi connectivity index (χ4n) is 1.92. The Labute approximate surface area is 110 Å². The first-order valence-corrected chi connectivity index (χ1v) is 6.05. The summed E-state index contributed by atoms with van der Waals surface area (Å²) in [5, 5.41) is 3.93. The fraction of sp³-hybridized carbons (Fsp3) is 0.231. The van der Waals surface area contributed by atoms with Crippen LogP contribution in [0.1, 0.15) is 5.69 Å². The molecule has 2 heterocycles. The van der Waals surface area contributed by atoms with E-state index in [2.05, 4.69) is 16.0 Å². The van der Waals surface area contributed by atoms with Gasteiger partial charge in [-0.15, -0.1) is 0 Å². The lowest BCUT2D eigenvalue weighted by molar-refractivity contribution is 0.174. The number of ether oxygens (including phenoxy) is 2. The van der Waals surface area contributed by atoms with Crippen molar-refractivity contribution in [3.63, 3.8) is 0 Å². The summed E-state index contributed by atoms with van der Waals surface area (Å²) in [4.78, 5) is 0. The molecule has 0 aliphatic carbocycles. The molecule has 0 radical (unpaired) electrons. The molecule has 1 aromatic heterocycles. The van der Waals surface area contributed by atoms with E-state index in [1.54, 1.807) is 6.07 Å². The van der Waals surface area contributed by atoms with E-state index in [0.29, 0.717) is 17.3 Å². The minimum atomic E-state index is 0.257. The summed E-state index contributed by atoms with van der Waals surface area (Å²) in [7, 11) is 2.01. The maximum Gasteiger partial charge on any atom is 0.231 e. The van der Waals surface area contributed by atoms with Crippen molar-refractivity contribution in [2.24, 2.45) is 7.05 Å². The van der Waals surface area contributed by atoms with E-state index in [0.717, 1.165) is 11.4 Å². The Bertz CT molecular complexity index is 580. The van der Waals surface area contributed by atoms with Crippen molar-refractivity contribution in [1.82, 2.24) is 4.57 Å². The first-order chi connectivity index (χ1) is 8.74. The van der Waals surface area contributed by atoms with E-state index in [-0.39, 0.29) is 6.79 Å². The second-order valence-electron chi connectivity index (χ2n) is 4.15. The molecule has 4 nitrogen and oxygen atoms in total. The van der Waals surface area contributed by atoms with Crippen molar-refractivity contribution in [3.05, 3.63) is 41.2 Å². The van der Waals surface area contributed by atoms with Crippen LogP contribution >= 0.6 is 11.6 Å². The summed E-state index contributed by atoms with van der Waals surface area (Å²) in [5.41, 5.74) is 2.03. The zero-order valence-corrected chi connectivity index (χ0v) is 10.7. The van der Waals surface area contributed by atoms with Gasteiger partial charge in [-0.2, -0.15) is 0 Å². The first kappa shape index (κ1) is 11.3. The Morgan fingerprint density at radius 3 is 2.83 bits per heavy atom. The molecule has 0 amide bonds. The number of hydrogen-bond acceptors (Lipinski definition) is 3. The fourth-order valence-corrected chi connectivity index (χ4v) is 2.14. The smallest absolute Gasteiger partial charge is 0.231 e. The van der Waals surface area contributed by atoms with Crippen LogP contribution in [0.3, 0.4) is 0 Å². The Kier molecular flexibility index (Phi) is 2.80. The average molecular weight is 265 g/mol. The summed E-state index contributed by atoms with van der Waals surface area (Å²) in [6, 6.07) is 7.72. The van der Waals surface area contributed by atoms with E-state index >= 15 is 0 Å². The van der Waals surface area contributed by atoms with Crippen LogP contribution in [-0.4, -0.2) is 11.4 Å². The van der Waals surface area contributed by atoms with Gasteiger partial charge in [0.15, 0.2) is 11.5 Å². The summed E-state index contributed by atoms with van der Waals surface area (Å²) in [6.07, 6.45) is 2.01. The molecule has 0 bridgehead atoms. The van der Waals surface area contributed by atoms with Crippen LogP contribution in [0.25, 0.3) is 0 Å². The van der Waals surface area contributed by atoms with Crippen LogP contribution < -0.4 is 14.8 Å². The third-order valence-corrected chi connectivity index (χ3v) is 3.29. The molecule has 0 atom stereocenters. The first-order valence-electron chi connectivity index (χ1n) is 5.67. The number of nitrogens with one attached hydrogen (secondary N) is 1. The molecule has 1 aliphatic heterocycles. The number of fused-ring (bicyclic) bond motifs is 1. The summed E-state index contributed by atoms with van der Waals surface area (Å²) in [6.45, 7) is 0.968. The molecule has 0 spiro atoms. The number of benzene rings is 1. The highest BCUT2D eigenvalue weighted by Gasteiger charge is 2.16. The number of hydrogen-bond donors (Lipinski definition) is 1. The molecule has 0 fully saturated rings. The van der Waals surface area contributed by atoms with Gasteiger partial charge >= 0.3 is 0 Å². The van der Waals surface area contributed by atoms with Gasteiger partial charge in [0.2, 0.25) is 6.79 Å². The molecule has 3 rings (SSSR count). The maximum absolute atomic E-state index is 6.18. The molecule has 1 aliphatic rings. The van der Waals surface area contributed by atoms with Crippen LogP contribution in [0.2, 0.25) is 5.02 Å². The zero-order valence-electron chi connectivity index (χ0n) is 9.94. The highest BCUT2D eigenvalue weighted by Crippen LogP contribution is 2.39. The molecule has 0 saturated carbocycles. The molecule has 5 heteroatoms. The van der Waals surface area contributed by atoms with Crippen LogP contribution in [0.5, 0.6) is 11.5 Å². The van der Waals surface area contributed by atoms with Crippen molar-refractivity contribution >= 4 is 17.3 Å². The number of aromatic nitrogens is 1. The molecule has 0 saturated heterocycles. The van der Waals surface area contributed by atoms with Gasteiger partial charge in [-0.25, -0.2) is 0 Å². The lowest BCUT2D eigenvalue weighted by atomic mass is 10.2. The molecule has 0 unspecified atom stereocenters. The van der Waals surface area contributed by atoms with E-state index in [1.165, 1.54) is 5.69 Å². The van der Waals surface area contributed by atoms with Gasteiger partial charge < -0.3 is 19.4 Å². The minimum absolute atomic E-state index is 0.257. The maximum atomic E-state index is 6.18. The summed E-state index contributed by atoms with van der Waals surface area (Å²) in [5.74, 6) is 1.43. The average Bonchev–Trinajstić information content (AvgIpc) is 2.95. The van der Waals surface area contributed by atoms with Crippen molar-refractivity contribution in [1.29, 1.82) is 0 Å².